The minimum Gasteiger partial charge on any atom is -0.395 e. The molecule has 1 aromatic carbocycles. The molecule has 0 radical (unpaired) electrons. The van der Waals surface area contributed by atoms with Crippen LogP contribution < -0.4 is 11.2 Å². The smallest absolute Gasteiger partial charge is 0.349 e. The van der Waals surface area contributed by atoms with E-state index in [1.807, 2.05) is 11.8 Å². The van der Waals surface area contributed by atoms with Crippen molar-refractivity contribution >= 4 is 22.6 Å². The van der Waals surface area contributed by atoms with Gasteiger partial charge < -0.3 is 14.8 Å². The third kappa shape index (κ3) is 4.01. The Bertz CT molecular complexity index is 1040. The van der Waals surface area contributed by atoms with Crippen molar-refractivity contribution in [2.45, 2.75) is 13.5 Å². The van der Waals surface area contributed by atoms with Gasteiger partial charge in [-0.1, -0.05) is 11.6 Å². The molecule has 27 heavy (non-hydrogen) atoms. The number of aryl methyl sites for hydroxylation is 1. The van der Waals surface area contributed by atoms with E-state index in [4.69, 9.17) is 11.6 Å². The Balaban J connectivity index is 2.18. The van der Waals surface area contributed by atoms with Crippen LogP contribution in [0.15, 0.2) is 21.7 Å². The molecule has 9 nitrogen and oxygen atoms in total. The van der Waals surface area contributed by atoms with Crippen LogP contribution in [0.5, 0.6) is 0 Å². The summed E-state index contributed by atoms with van der Waals surface area (Å²) in [6.45, 7) is 3.36. The number of aromatic nitrogens is 4. The van der Waals surface area contributed by atoms with Crippen LogP contribution in [0.1, 0.15) is 5.56 Å². The van der Waals surface area contributed by atoms with Crippen LogP contribution in [-0.2, 0) is 6.54 Å². The van der Waals surface area contributed by atoms with Crippen LogP contribution in [0.3, 0.4) is 0 Å². The van der Waals surface area contributed by atoms with Gasteiger partial charge in [-0.3, -0.25) is 14.7 Å². The van der Waals surface area contributed by atoms with E-state index in [9.17, 15) is 19.8 Å². The lowest BCUT2D eigenvalue weighted by Gasteiger charge is -2.23. The Labute approximate surface area is 159 Å². The Morgan fingerprint density at radius 2 is 1.85 bits per heavy atom. The second-order valence-corrected chi connectivity index (χ2v) is 6.59. The van der Waals surface area contributed by atoms with Crippen molar-refractivity contribution < 1.29 is 10.2 Å². The first-order valence-electron chi connectivity index (χ1n) is 8.49. The fourth-order valence-corrected chi connectivity index (χ4v) is 3.16. The largest absolute Gasteiger partial charge is 0.395 e. The normalized spacial score (nSPS) is 11.7. The molecule has 0 aromatic heterocycles. The number of hydrogen-bond donors (Lipinski definition) is 3. The number of fused-ring (bicyclic) bond motifs is 2. The summed E-state index contributed by atoms with van der Waals surface area (Å²) in [4.78, 5) is 36.3. The molecule has 1 aromatic rings. The zero-order valence-electron chi connectivity index (χ0n) is 14.8. The van der Waals surface area contributed by atoms with E-state index >= 15 is 0 Å². The van der Waals surface area contributed by atoms with Gasteiger partial charge in [-0.05, 0) is 24.6 Å². The molecule has 2 aliphatic heterocycles. The van der Waals surface area contributed by atoms with Crippen LogP contribution >= 0.6 is 11.6 Å². The number of H-pyrrole nitrogens is 1. The SMILES string of the molecule is Cc1cc2nc3c(=O)[nH]c(=O)nc-3n(CCN(CCO)CCO)c2cc1Cl. The van der Waals surface area contributed by atoms with Crippen molar-refractivity contribution in [2.24, 2.45) is 0 Å². The molecule has 0 aliphatic carbocycles. The van der Waals surface area contributed by atoms with Gasteiger partial charge in [0.2, 0.25) is 0 Å². The predicted molar refractivity (Wildman–Crippen MR) is 101 cm³/mol. The molecular formula is C17H20ClN5O4. The molecule has 3 N–H and O–H groups in total. The molecule has 0 spiro atoms. The van der Waals surface area contributed by atoms with Crippen molar-refractivity contribution in [1.82, 2.24) is 24.4 Å². The molecule has 0 unspecified atom stereocenters. The molecular weight excluding hydrogens is 374 g/mol. The van der Waals surface area contributed by atoms with Gasteiger partial charge in [-0.25, -0.2) is 9.78 Å². The number of aliphatic hydroxyl groups excluding tert-OH is 2. The molecule has 2 aliphatic rings. The summed E-state index contributed by atoms with van der Waals surface area (Å²) in [6.07, 6.45) is 0. The summed E-state index contributed by atoms with van der Waals surface area (Å²) < 4.78 is 1.72. The second-order valence-electron chi connectivity index (χ2n) is 6.19. The third-order valence-corrected chi connectivity index (χ3v) is 4.77. The molecule has 10 heteroatoms. The zero-order valence-corrected chi connectivity index (χ0v) is 15.5. The maximum atomic E-state index is 12.2. The quantitative estimate of drug-likeness (QED) is 0.476. The topological polar surface area (TPSA) is 124 Å². The first-order valence-corrected chi connectivity index (χ1v) is 8.87. The summed E-state index contributed by atoms with van der Waals surface area (Å²) in [7, 11) is 0. The van der Waals surface area contributed by atoms with E-state index < -0.39 is 11.2 Å². The van der Waals surface area contributed by atoms with Crippen LogP contribution in [-0.4, -0.2) is 67.5 Å². The highest BCUT2D eigenvalue weighted by molar-refractivity contribution is 6.32. The van der Waals surface area contributed by atoms with Crippen molar-refractivity contribution in [2.75, 3.05) is 32.8 Å². The summed E-state index contributed by atoms with van der Waals surface area (Å²) in [5, 5.41) is 18.9. The van der Waals surface area contributed by atoms with E-state index in [0.29, 0.717) is 42.2 Å². The minimum absolute atomic E-state index is 0.0455. The first kappa shape index (κ1) is 19.4. The van der Waals surface area contributed by atoms with E-state index in [1.165, 1.54) is 0 Å². The fraction of sp³-hybridized carbons (Fsp3) is 0.412. The highest BCUT2D eigenvalue weighted by Crippen LogP contribution is 2.26. The number of benzene rings is 1. The summed E-state index contributed by atoms with van der Waals surface area (Å²) in [5.41, 5.74) is 0.739. The van der Waals surface area contributed by atoms with Crippen LogP contribution in [0.4, 0.5) is 0 Å². The van der Waals surface area contributed by atoms with Crippen LogP contribution in [0, 0.1) is 6.92 Å². The highest BCUT2D eigenvalue weighted by atomic mass is 35.5. The molecule has 0 atom stereocenters. The lowest BCUT2D eigenvalue weighted by molar-refractivity contribution is 0.158. The van der Waals surface area contributed by atoms with Gasteiger partial charge in [0.15, 0.2) is 11.5 Å². The van der Waals surface area contributed by atoms with Crippen molar-refractivity contribution in [3.8, 4) is 11.5 Å². The molecule has 2 heterocycles. The van der Waals surface area contributed by atoms with Crippen molar-refractivity contribution in [3.63, 3.8) is 0 Å². The number of nitrogens with one attached hydrogen (secondary N) is 1. The van der Waals surface area contributed by atoms with Gasteiger partial charge in [-0.15, -0.1) is 0 Å². The van der Waals surface area contributed by atoms with Gasteiger partial charge in [0.1, 0.15) is 0 Å². The summed E-state index contributed by atoms with van der Waals surface area (Å²) >= 11 is 6.27. The van der Waals surface area contributed by atoms with Crippen molar-refractivity contribution in [3.05, 3.63) is 43.6 Å². The number of nitrogens with zero attached hydrogens (tertiary/aromatic N) is 4. The first-order chi connectivity index (χ1) is 12.9. The average molecular weight is 394 g/mol. The average Bonchev–Trinajstić information content (AvgIpc) is 2.61. The number of hydrogen-bond acceptors (Lipinski definition) is 7. The van der Waals surface area contributed by atoms with Crippen LogP contribution in [0.25, 0.3) is 22.6 Å². The highest BCUT2D eigenvalue weighted by Gasteiger charge is 2.19. The summed E-state index contributed by atoms with van der Waals surface area (Å²) in [5.74, 6) is 0.170. The minimum atomic E-state index is -0.747. The maximum Gasteiger partial charge on any atom is 0.349 e. The fourth-order valence-electron chi connectivity index (χ4n) is 3.01. The number of aromatic amines is 1. The van der Waals surface area contributed by atoms with E-state index in [0.717, 1.165) is 5.56 Å². The molecule has 0 amide bonds. The number of halogens is 1. The summed E-state index contributed by atoms with van der Waals surface area (Å²) in [6, 6.07) is 3.51. The molecule has 3 rings (SSSR count). The zero-order chi connectivity index (χ0) is 19.6. The van der Waals surface area contributed by atoms with E-state index in [1.54, 1.807) is 16.7 Å². The Hall–Kier alpha value is -2.33. The van der Waals surface area contributed by atoms with Gasteiger partial charge in [0.05, 0.1) is 24.2 Å². The number of aliphatic hydroxyl groups is 2. The monoisotopic (exact) mass is 393 g/mol. The molecule has 144 valence electrons. The Morgan fingerprint density at radius 3 is 2.52 bits per heavy atom. The van der Waals surface area contributed by atoms with Gasteiger partial charge >= 0.3 is 5.69 Å². The van der Waals surface area contributed by atoms with Crippen molar-refractivity contribution in [1.29, 1.82) is 0 Å². The predicted octanol–water partition coefficient (Wildman–Crippen LogP) is -0.167. The second kappa shape index (κ2) is 8.13. The molecule has 0 fully saturated rings. The third-order valence-electron chi connectivity index (χ3n) is 4.36. The van der Waals surface area contributed by atoms with Gasteiger partial charge in [0, 0.05) is 31.2 Å². The van der Waals surface area contributed by atoms with Gasteiger partial charge in [-0.2, -0.15) is 4.98 Å². The Morgan fingerprint density at radius 1 is 1.15 bits per heavy atom. The van der Waals surface area contributed by atoms with Gasteiger partial charge in [0.25, 0.3) is 5.56 Å². The molecule has 0 saturated heterocycles. The number of rotatable bonds is 7. The van der Waals surface area contributed by atoms with E-state index in [-0.39, 0.29) is 24.7 Å². The lowest BCUT2D eigenvalue weighted by Crippen LogP contribution is -2.34. The molecule has 0 saturated carbocycles. The Kier molecular flexibility index (Phi) is 5.85. The molecule has 0 bridgehead atoms. The lowest BCUT2D eigenvalue weighted by atomic mass is 10.2. The standard InChI is InChI=1S/C17H20ClN5O4/c1-10-8-12-13(9-11(10)18)23(3-2-22(4-6-24)5-7-25)15-14(19-12)16(26)21-17(27)20-15/h8-9,24-25H,2-7H2,1H3,(H,21,26,27). The van der Waals surface area contributed by atoms with E-state index in [2.05, 4.69) is 15.0 Å². The maximum absolute atomic E-state index is 12.2. The van der Waals surface area contributed by atoms with Crippen LogP contribution in [0.2, 0.25) is 5.02 Å².